The summed E-state index contributed by atoms with van der Waals surface area (Å²) in [6.45, 7) is 1.73. The standard InChI is InChI=1S/C14H15N3O3S/c1-10-8-11(5-6-13(10)17-21(2,19)20)14(18)16-12-4-3-7-15-9-12/h3-9,17H,1-2H3,(H,16,18). The molecule has 0 radical (unpaired) electrons. The predicted molar refractivity (Wildman–Crippen MR) is 81.8 cm³/mol. The number of carbonyl (C=O) groups excluding carboxylic acids is 1. The highest BCUT2D eigenvalue weighted by molar-refractivity contribution is 7.92. The minimum absolute atomic E-state index is 0.281. The van der Waals surface area contributed by atoms with E-state index in [1.165, 1.54) is 0 Å². The van der Waals surface area contributed by atoms with E-state index in [9.17, 15) is 13.2 Å². The molecule has 0 bridgehead atoms. The van der Waals surface area contributed by atoms with Crippen LogP contribution in [-0.4, -0.2) is 25.6 Å². The maximum Gasteiger partial charge on any atom is 0.255 e. The zero-order chi connectivity index (χ0) is 15.5. The largest absolute Gasteiger partial charge is 0.321 e. The van der Waals surface area contributed by atoms with Gasteiger partial charge in [0.2, 0.25) is 10.0 Å². The van der Waals surface area contributed by atoms with Gasteiger partial charge in [0.05, 0.1) is 23.8 Å². The van der Waals surface area contributed by atoms with E-state index in [4.69, 9.17) is 0 Å². The Bertz CT molecular complexity index is 758. The second kappa shape index (κ2) is 5.92. The van der Waals surface area contributed by atoms with Crippen LogP contribution in [0.15, 0.2) is 42.7 Å². The number of aryl methyl sites for hydroxylation is 1. The Labute approximate surface area is 123 Å². The van der Waals surface area contributed by atoms with Crippen LogP contribution >= 0.6 is 0 Å². The van der Waals surface area contributed by atoms with Crippen LogP contribution in [0, 0.1) is 6.92 Å². The summed E-state index contributed by atoms with van der Waals surface area (Å²) in [5, 5.41) is 2.71. The van der Waals surface area contributed by atoms with Crippen molar-refractivity contribution in [2.45, 2.75) is 6.92 Å². The Morgan fingerprint density at radius 3 is 2.57 bits per heavy atom. The SMILES string of the molecule is Cc1cc(C(=O)Nc2cccnc2)ccc1NS(C)(=O)=O. The second-order valence-corrected chi connectivity index (χ2v) is 6.35. The van der Waals surface area contributed by atoms with Crippen molar-refractivity contribution in [1.82, 2.24) is 4.98 Å². The molecular formula is C14H15N3O3S. The van der Waals surface area contributed by atoms with E-state index in [1.54, 1.807) is 49.6 Å². The quantitative estimate of drug-likeness (QED) is 0.904. The molecule has 2 N–H and O–H groups in total. The Morgan fingerprint density at radius 2 is 2.00 bits per heavy atom. The molecule has 0 saturated carbocycles. The number of pyridine rings is 1. The van der Waals surface area contributed by atoms with E-state index in [0.717, 1.165) is 6.26 Å². The van der Waals surface area contributed by atoms with Crippen molar-refractivity contribution in [1.29, 1.82) is 0 Å². The van der Waals surface area contributed by atoms with Gasteiger partial charge in [0.1, 0.15) is 0 Å². The van der Waals surface area contributed by atoms with Gasteiger partial charge >= 0.3 is 0 Å². The minimum atomic E-state index is -3.34. The fourth-order valence-electron chi connectivity index (χ4n) is 1.76. The fourth-order valence-corrected chi connectivity index (χ4v) is 2.39. The van der Waals surface area contributed by atoms with Gasteiger partial charge in [-0.1, -0.05) is 0 Å². The molecule has 0 aliphatic carbocycles. The zero-order valence-corrected chi connectivity index (χ0v) is 12.4. The normalized spacial score (nSPS) is 11.0. The molecule has 7 heteroatoms. The van der Waals surface area contributed by atoms with E-state index in [0.29, 0.717) is 22.5 Å². The maximum atomic E-state index is 12.1. The number of aromatic nitrogens is 1. The third kappa shape index (κ3) is 4.28. The predicted octanol–water partition coefficient (Wildman–Crippen LogP) is 2.01. The lowest BCUT2D eigenvalue weighted by Gasteiger charge is -2.10. The Morgan fingerprint density at radius 1 is 1.24 bits per heavy atom. The molecule has 2 aromatic rings. The average Bonchev–Trinajstić information content (AvgIpc) is 2.40. The molecule has 0 unspecified atom stereocenters. The number of anilines is 2. The van der Waals surface area contributed by atoms with Crippen LogP contribution in [0.1, 0.15) is 15.9 Å². The highest BCUT2D eigenvalue weighted by Gasteiger charge is 2.10. The number of amides is 1. The van der Waals surface area contributed by atoms with Crippen molar-refractivity contribution < 1.29 is 13.2 Å². The van der Waals surface area contributed by atoms with Gasteiger partial charge in [-0.3, -0.25) is 14.5 Å². The lowest BCUT2D eigenvalue weighted by molar-refractivity contribution is 0.102. The van der Waals surface area contributed by atoms with Crippen LogP contribution < -0.4 is 10.0 Å². The first-order valence-electron chi connectivity index (χ1n) is 6.15. The van der Waals surface area contributed by atoms with E-state index in [2.05, 4.69) is 15.0 Å². The van der Waals surface area contributed by atoms with Gasteiger partial charge < -0.3 is 5.32 Å². The lowest BCUT2D eigenvalue weighted by atomic mass is 10.1. The monoisotopic (exact) mass is 305 g/mol. The number of hydrogen-bond acceptors (Lipinski definition) is 4. The summed E-state index contributed by atoms with van der Waals surface area (Å²) in [6.07, 6.45) is 4.24. The molecular weight excluding hydrogens is 290 g/mol. The number of sulfonamides is 1. The number of hydrogen-bond donors (Lipinski definition) is 2. The number of benzene rings is 1. The molecule has 1 aromatic carbocycles. The Kier molecular flexibility index (Phi) is 4.23. The smallest absolute Gasteiger partial charge is 0.255 e. The Balaban J connectivity index is 2.18. The van der Waals surface area contributed by atoms with Gasteiger partial charge in [0.15, 0.2) is 0 Å². The number of nitrogens with one attached hydrogen (secondary N) is 2. The van der Waals surface area contributed by atoms with Crippen molar-refractivity contribution in [3.63, 3.8) is 0 Å². The van der Waals surface area contributed by atoms with Gasteiger partial charge in [-0.2, -0.15) is 0 Å². The summed E-state index contributed by atoms with van der Waals surface area (Å²) in [4.78, 5) is 16.0. The highest BCUT2D eigenvalue weighted by atomic mass is 32.2. The van der Waals surface area contributed by atoms with Crippen molar-refractivity contribution in [2.24, 2.45) is 0 Å². The van der Waals surface area contributed by atoms with Gasteiger partial charge in [-0.05, 0) is 42.8 Å². The van der Waals surface area contributed by atoms with Crippen molar-refractivity contribution in [3.8, 4) is 0 Å². The third-order valence-corrected chi connectivity index (χ3v) is 3.29. The van der Waals surface area contributed by atoms with Crippen LogP contribution in [-0.2, 0) is 10.0 Å². The summed E-state index contributed by atoms with van der Waals surface area (Å²) in [7, 11) is -3.34. The fraction of sp³-hybridized carbons (Fsp3) is 0.143. The van der Waals surface area contributed by atoms with E-state index in [1.807, 2.05) is 0 Å². The number of nitrogens with zero attached hydrogens (tertiary/aromatic N) is 1. The van der Waals surface area contributed by atoms with Gasteiger partial charge in [-0.15, -0.1) is 0 Å². The molecule has 110 valence electrons. The molecule has 0 atom stereocenters. The average molecular weight is 305 g/mol. The van der Waals surface area contributed by atoms with Gasteiger partial charge in [0.25, 0.3) is 5.91 Å². The summed E-state index contributed by atoms with van der Waals surface area (Å²) in [5.41, 5.74) is 2.16. The van der Waals surface area contributed by atoms with Gasteiger partial charge in [0, 0.05) is 11.8 Å². The minimum Gasteiger partial charge on any atom is -0.321 e. The van der Waals surface area contributed by atoms with Crippen LogP contribution in [0.4, 0.5) is 11.4 Å². The first-order valence-corrected chi connectivity index (χ1v) is 8.04. The van der Waals surface area contributed by atoms with Crippen molar-refractivity contribution >= 4 is 27.3 Å². The molecule has 0 aliphatic rings. The molecule has 2 rings (SSSR count). The van der Waals surface area contributed by atoms with Crippen LogP contribution in [0.25, 0.3) is 0 Å². The molecule has 0 saturated heterocycles. The summed E-state index contributed by atoms with van der Waals surface area (Å²) >= 11 is 0. The first-order chi connectivity index (χ1) is 9.85. The number of carbonyl (C=O) groups is 1. The summed E-state index contributed by atoms with van der Waals surface area (Å²) in [6, 6.07) is 8.21. The van der Waals surface area contributed by atoms with Crippen LogP contribution in [0.3, 0.4) is 0 Å². The Hall–Kier alpha value is -2.41. The summed E-state index contributed by atoms with van der Waals surface area (Å²) < 4.78 is 24.8. The molecule has 6 nitrogen and oxygen atoms in total. The molecule has 1 aromatic heterocycles. The summed E-state index contributed by atoms with van der Waals surface area (Å²) in [5.74, 6) is -0.281. The molecule has 0 spiro atoms. The molecule has 1 amide bonds. The molecule has 21 heavy (non-hydrogen) atoms. The van der Waals surface area contributed by atoms with Gasteiger partial charge in [-0.25, -0.2) is 8.42 Å². The van der Waals surface area contributed by atoms with E-state index in [-0.39, 0.29) is 5.91 Å². The van der Waals surface area contributed by atoms with Crippen molar-refractivity contribution in [2.75, 3.05) is 16.3 Å². The molecule has 0 aliphatic heterocycles. The zero-order valence-electron chi connectivity index (χ0n) is 11.6. The third-order valence-electron chi connectivity index (χ3n) is 2.70. The maximum absolute atomic E-state index is 12.1. The van der Waals surface area contributed by atoms with E-state index < -0.39 is 10.0 Å². The lowest BCUT2D eigenvalue weighted by Crippen LogP contribution is -2.14. The number of rotatable bonds is 4. The second-order valence-electron chi connectivity index (χ2n) is 4.60. The topological polar surface area (TPSA) is 88.2 Å². The highest BCUT2D eigenvalue weighted by Crippen LogP contribution is 2.18. The van der Waals surface area contributed by atoms with Crippen molar-refractivity contribution in [3.05, 3.63) is 53.9 Å². The van der Waals surface area contributed by atoms with Crippen LogP contribution in [0.5, 0.6) is 0 Å². The molecule has 0 fully saturated rings. The van der Waals surface area contributed by atoms with Crippen LogP contribution in [0.2, 0.25) is 0 Å². The molecule has 1 heterocycles. The van der Waals surface area contributed by atoms with E-state index >= 15 is 0 Å². The first kappa shape index (κ1) is 15.0.